The highest BCUT2D eigenvalue weighted by molar-refractivity contribution is 5.88. The lowest BCUT2D eigenvalue weighted by atomic mass is 9.96. The molecule has 4 N–H and O–H groups in total. The Morgan fingerprint density at radius 1 is 1.12 bits per heavy atom. The summed E-state index contributed by atoms with van der Waals surface area (Å²) in [6, 6.07) is 0. The van der Waals surface area contributed by atoms with Crippen LogP contribution in [0.1, 0.15) is 19.8 Å². The molecular formula is C9H14O7. The zero-order valence-corrected chi connectivity index (χ0v) is 8.71. The molecule has 0 unspecified atom stereocenters. The number of hydrogen-bond donors (Lipinski definition) is 4. The molecule has 0 aliphatic carbocycles. The molecule has 0 atom stereocenters. The Balaban J connectivity index is 0. The summed E-state index contributed by atoms with van der Waals surface area (Å²) >= 11 is 0. The third kappa shape index (κ3) is 7.51. The van der Waals surface area contributed by atoms with E-state index in [1.54, 1.807) is 6.08 Å². The fourth-order valence-corrected chi connectivity index (χ4v) is 0.714. The van der Waals surface area contributed by atoms with Gasteiger partial charge in [-0.05, 0) is 6.92 Å². The van der Waals surface area contributed by atoms with E-state index < -0.39 is 36.4 Å². The molecule has 0 rings (SSSR count). The highest BCUT2D eigenvalue weighted by Crippen LogP contribution is 2.15. The van der Waals surface area contributed by atoms with Gasteiger partial charge >= 0.3 is 17.9 Å². The van der Waals surface area contributed by atoms with E-state index in [4.69, 9.17) is 20.4 Å². The predicted octanol–water partition coefficient (Wildman–Crippen LogP) is -0.0562. The maximum atomic E-state index is 10.3. The van der Waals surface area contributed by atoms with Crippen molar-refractivity contribution in [2.45, 2.75) is 25.4 Å². The van der Waals surface area contributed by atoms with Crippen molar-refractivity contribution in [3.05, 3.63) is 12.7 Å². The molecule has 0 aromatic heterocycles. The molecule has 16 heavy (non-hydrogen) atoms. The van der Waals surface area contributed by atoms with Gasteiger partial charge in [-0.3, -0.25) is 9.59 Å². The summed E-state index contributed by atoms with van der Waals surface area (Å²) in [5, 5.41) is 33.8. The number of allylic oxidation sites excluding steroid dienone is 1. The Morgan fingerprint density at radius 2 is 1.38 bits per heavy atom. The van der Waals surface area contributed by atoms with Crippen molar-refractivity contribution < 1.29 is 34.8 Å². The molecule has 0 aliphatic rings. The molecule has 7 nitrogen and oxygen atoms in total. The number of rotatable bonds is 5. The lowest BCUT2D eigenvalue weighted by Crippen LogP contribution is -2.42. The number of aliphatic carboxylic acids is 3. The summed E-state index contributed by atoms with van der Waals surface area (Å²) < 4.78 is 0. The van der Waals surface area contributed by atoms with E-state index in [1.165, 1.54) is 0 Å². The van der Waals surface area contributed by atoms with Crippen molar-refractivity contribution in [1.29, 1.82) is 0 Å². The zero-order valence-electron chi connectivity index (χ0n) is 8.71. The Hall–Kier alpha value is -1.89. The fourth-order valence-electron chi connectivity index (χ4n) is 0.714. The molecule has 0 amide bonds. The van der Waals surface area contributed by atoms with E-state index in [0.717, 1.165) is 0 Å². The van der Waals surface area contributed by atoms with Crippen LogP contribution in [0.15, 0.2) is 12.7 Å². The van der Waals surface area contributed by atoms with E-state index in [-0.39, 0.29) is 0 Å². The first kappa shape index (κ1) is 16.5. The summed E-state index contributed by atoms with van der Waals surface area (Å²) in [4.78, 5) is 30.5. The Kier molecular flexibility index (Phi) is 7.66. The minimum atomic E-state index is -2.74. The summed E-state index contributed by atoms with van der Waals surface area (Å²) in [5.41, 5.74) is -2.74. The van der Waals surface area contributed by atoms with E-state index in [1.807, 2.05) is 6.92 Å². The Morgan fingerprint density at radius 3 is 1.50 bits per heavy atom. The normalized spacial score (nSPS) is 9.62. The maximum absolute atomic E-state index is 10.3. The molecule has 0 bridgehead atoms. The molecule has 92 valence electrons. The van der Waals surface area contributed by atoms with E-state index >= 15 is 0 Å². The molecule has 0 aromatic rings. The number of aliphatic hydroxyl groups is 1. The zero-order chi connectivity index (χ0) is 13.4. The molecule has 0 fully saturated rings. The second-order valence-corrected chi connectivity index (χ2v) is 2.89. The van der Waals surface area contributed by atoms with Gasteiger partial charge in [0, 0.05) is 0 Å². The fraction of sp³-hybridized carbons (Fsp3) is 0.444. The van der Waals surface area contributed by atoms with Gasteiger partial charge in [0.15, 0.2) is 5.60 Å². The van der Waals surface area contributed by atoms with Crippen LogP contribution >= 0.6 is 0 Å². The van der Waals surface area contributed by atoms with Crippen LogP contribution in [-0.4, -0.2) is 43.9 Å². The topological polar surface area (TPSA) is 132 Å². The molecule has 0 heterocycles. The Labute approximate surface area is 91.6 Å². The van der Waals surface area contributed by atoms with Crippen LogP contribution in [-0.2, 0) is 14.4 Å². The lowest BCUT2D eigenvalue weighted by Gasteiger charge is -2.18. The van der Waals surface area contributed by atoms with Gasteiger partial charge < -0.3 is 20.4 Å². The quantitative estimate of drug-likeness (QED) is 0.490. The van der Waals surface area contributed by atoms with Crippen LogP contribution < -0.4 is 0 Å². The second-order valence-electron chi connectivity index (χ2n) is 2.89. The van der Waals surface area contributed by atoms with E-state index in [2.05, 4.69) is 6.58 Å². The molecule has 7 heteroatoms. The monoisotopic (exact) mass is 234 g/mol. The molecule has 0 aromatic carbocycles. The van der Waals surface area contributed by atoms with Crippen molar-refractivity contribution in [3.63, 3.8) is 0 Å². The van der Waals surface area contributed by atoms with Gasteiger partial charge in [-0.2, -0.15) is 0 Å². The van der Waals surface area contributed by atoms with Crippen LogP contribution in [0.25, 0.3) is 0 Å². The van der Waals surface area contributed by atoms with Gasteiger partial charge in [-0.25, -0.2) is 4.79 Å². The van der Waals surface area contributed by atoms with Gasteiger partial charge in [-0.15, -0.1) is 6.58 Å². The number of hydrogen-bond acceptors (Lipinski definition) is 4. The van der Waals surface area contributed by atoms with Gasteiger partial charge in [0.1, 0.15) is 0 Å². The summed E-state index contributed by atoms with van der Waals surface area (Å²) in [7, 11) is 0. The number of carbonyl (C=O) groups is 3. The number of carboxylic acid groups (broad SMARTS) is 3. The molecule has 0 spiro atoms. The largest absolute Gasteiger partial charge is 0.481 e. The summed E-state index contributed by atoms with van der Waals surface area (Å²) in [5.74, 6) is -5.02. The maximum Gasteiger partial charge on any atom is 0.336 e. The molecule has 0 radical (unpaired) electrons. The molecular weight excluding hydrogens is 220 g/mol. The first-order valence-corrected chi connectivity index (χ1v) is 4.16. The predicted molar refractivity (Wildman–Crippen MR) is 53.0 cm³/mol. The van der Waals surface area contributed by atoms with Crippen molar-refractivity contribution >= 4 is 17.9 Å². The van der Waals surface area contributed by atoms with Gasteiger partial charge in [0.2, 0.25) is 0 Å². The first-order chi connectivity index (χ1) is 7.19. The van der Waals surface area contributed by atoms with Crippen molar-refractivity contribution in [3.8, 4) is 0 Å². The Bertz CT molecular complexity index is 266. The van der Waals surface area contributed by atoms with Gasteiger partial charge in [0.25, 0.3) is 0 Å². The highest BCUT2D eigenvalue weighted by Gasteiger charge is 2.40. The standard InChI is InChI=1S/C6H8O7.C3H6/c7-3(8)1-6(13,5(11)12)2-4(9)10;1-3-2/h13H,1-2H2,(H,7,8)(H,9,10)(H,11,12);3H,1H2,2H3. The average molecular weight is 234 g/mol. The average Bonchev–Trinajstić information content (AvgIpc) is 2.01. The van der Waals surface area contributed by atoms with Crippen LogP contribution in [0.4, 0.5) is 0 Å². The van der Waals surface area contributed by atoms with Crippen molar-refractivity contribution in [2.24, 2.45) is 0 Å². The minimum absolute atomic E-state index is 1.14. The summed E-state index contributed by atoms with van der Waals surface area (Å²) in [6.45, 7) is 5.25. The highest BCUT2D eigenvalue weighted by atomic mass is 16.4. The first-order valence-electron chi connectivity index (χ1n) is 4.16. The lowest BCUT2D eigenvalue weighted by molar-refractivity contribution is -0.170. The van der Waals surface area contributed by atoms with Crippen molar-refractivity contribution in [1.82, 2.24) is 0 Å². The molecule has 0 aliphatic heterocycles. The smallest absolute Gasteiger partial charge is 0.336 e. The van der Waals surface area contributed by atoms with E-state index in [9.17, 15) is 14.4 Å². The van der Waals surface area contributed by atoms with Crippen LogP contribution in [0, 0.1) is 0 Å². The third-order valence-corrected chi connectivity index (χ3v) is 1.29. The van der Waals surface area contributed by atoms with E-state index in [0.29, 0.717) is 0 Å². The van der Waals surface area contributed by atoms with Crippen LogP contribution in [0.2, 0.25) is 0 Å². The SMILES string of the molecule is C=CC.O=C(O)CC(O)(CC(=O)O)C(=O)O. The van der Waals surface area contributed by atoms with Gasteiger partial charge in [-0.1, -0.05) is 6.08 Å². The molecule has 0 saturated heterocycles. The summed E-state index contributed by atoms with van der Waals surface area (Å²) in [6.07, 6.45) is -0.538. The van der Waals surface area contributed by atoms with Crippen molar-refractivity contribution in [2.75, 3.05) is 0 Å². The third-order valence-electron chi connectivity index (χ3n) is 1.29. The van der Waals surface area contributed by atoms with Gasteiger partial charge in [0.05, 0.1) is 12.8 Å². The second kappa shape index (κ2) is 7.41. The van der Waals surface area contributed by atoms with Crippen LogP contribution in [0.3, 0.4) is 0 Å². The van der Waals surface area contributed by atoms with Crippen LogP contribution in [0.5, 0.6) is 0 Å². The minimum Gasteiger partial charge on any atom is -0.481 e. The number of carboxylic acids is 3. The molecule has 0 saturated carbocycles.